The van der Waals surface area contributed by atoms with Gasteiger partial charge in [0.05, 0.1) is 12.0 Å². The summed E-state index contributed by atoms with van der Waals surface area (Å²) in [6.07, 6.45) is 3.20. The molecule has 0 unspecified atom stereocenters. The molecule has 1 aromatic carbocycles. The lowest BCUT2D eigenvalue weighted by Crippen LogP contribution is -2.03. The molecule has 0 amide bonds. The molecule has 3 aromatic rings. The Bertz CT molecular complexity index is 675. The molecule has 0 fully saturated rings. The highest BCUT2D eigenvalue weighted by Gasteiger charge is 2.08. The average molecular weight is 270 g/mol. The van der Waals surface area contributed by atoms with Crippen molar-refractivity contribution in [2.24, 2.45) is 5.73 Å². The van der Waals surface area contributed by atoms with Crippen molar-refractivity contribution in [3.05, 3.63) is 60.3 Å². The van der Waals surface area contributed by atoms with Gasteiger partial charge in [0.15, 0.2) is 0 Å². The zero-order valence-electron chi connectivity index (χ0n) is 10.8. The van der Waals surface area contributed by atoms with Gasteiger partial charge in [-0.15, -0.1) is 5.10 Å². The summed E-state index contributed by atoms with van der Waals surface area (Å²) in [6, 6.07) is 11.8. The van der Waals surface area contributed by atoms with E-state index in [1.165, 1.54) is 0 Å². The minimum Gasteiger partial charge on any atom is -0.465 e. The minimum absolute atomic E-state index is 0.262. The van der Waals surface area contributed by atoms with Crippen LogP contribution in [-0.2, 0) is 13.2 Å². The van der Waals surface area contributed by atoms with Crippen LogP contribution < -0.4 is 10.5 Å². The van der Waals surface area contributed by atoms with Crippen LogP contribution >= 0.6 is 0 Å². The number of hydrogen-bond donors (Lipinski definition) is 1. The molecule has 0 saturated carbocycles. The number of para-hydroxylation sites is 1. The Kier molecular flexibility index (Phi) is 3.47. The van der Waals surface area contributed by atoms with Crippen molar-refractivity contribution in [2.75, 3.05) is 0 Å². The fraction of sp³-hybridized carbons (Fsp3) is 0.143. The summed E-state index contributed by atoms with van der Waals surface area (Å²) in [4.78, 5) is 4.10. The lowest BCUT2D eigenvalue weighted by Gasteiger charge is -2.01. The van der Waals surface area contributed by atoms with E-state index in [-0.39, 0.29) is 6.61 Å². The number of ether oxygens (including phenoxy) is 1. The third-order valence-corrected chi connectivity index (χ3v) is 2.88. The molecule has 2 aromatic heterocycles. The van der Waals surface area contributed by atoms with E-state index in [0.717, 1.165) is 11.3 Å². The molecule has 0 aliphatic heterocycles. The summed E-state index contributed by atoms with van der Waals surface area (Å²) in [6.45, 7) is 0.680. The van der Waals surface area contributed by atoms with Gasteiger partial charge in [-0.3, -0.25) is 0 Å². The number of aromatic nitrogens is 3. The lowest BCUT2D eigenvalue weighted by molar-refractivity contribution is 0.248. The Balaban J connectivity index is 1.69. The van der Waals surface area contributed by atoms with Crippen LogP contribution in [0, 0.1) is 0 Å². The van der Waals surface area contributed by atoms with Gasteiger partial charge in [-0.2, -0.15) is 4.98 Å². The number of rotatable bonds is 5. The molecule has 0 atom stereocenters. The molecule has 0 aliphatic carbocycles. The Morgan fingerprint density at radius 3 is 2.85 bits per heavy atom. The van der Waals surface area contributed by atoms with Crippen LogP contribution in [0.3, 0.4) is 0 Å². The van der Waals surface area contributed by atoms with E-state index >= 15 is 0 Å². The fourth-order valence-corrected chi connectivity index (χ4v) is 1.82. The summed E-state index contributed by atoms with van der Waals surface area (Å²) in [5, 5.41) is 4.25. The predicted molar refractivity (Wildman–Crippen MR) is 72.3 cm³/mol. The second-order valence-electron chi connectivity index (χ2n) is 4.17. The first-order valence-electron chi connectivity index (χ1n) is 6.22. The Labute approximate surface area is 115 Å². The zero-order chi connectivity index (χ0) is 13.8. The van der Waals surface area contributed by atoms with Crippen LogP contribution in [0.15, 0.2) is 53.4 Å². The molecule has 3 rings (SSSR count). The van der Waals surface area contributed by atoms with Gasteiger partial charge in [0.1, 0.15) is 18.7 Å². The highest BCUT2D eigenvalue weighted by Crippen LogP contribution is 2.13. The van der Waals surface area contributed by atoms with Crippen molar-refractivity contribution >= 4 is 0 Å². The van der Waals surface area contributed by atoms with E-state index in [9.17, 15) is 0 Å². The Morgan fingerprint density at radius 2 is 2.05 bits per heavy atom. The molecule has 0 aliphatic rings. The first-order chi connectivity index (χ1) is 9.86. The van der Waals surface area contributed by atoms with E-state index in [2.05, 4.69) is 10.1 Å². The van der Waals surface area contributed by atoms with Crippen LogP contribution in [0.2, 0.25) is 0 Å². The van der Waals surface area contributed by atoms with Gasteiger partial charge in [0, 0.05) is 12.1 Å². The van der Waals surface area contributed by atoms with Crippen molar-refractivity contribution < 1.29 is 9.15 Å². The molecule has 0 bridgehead atoms. The highest BCUT2D eigenvalue weighted by molar-refractivity contribution is 5.29. The molecular formula is C14H14N4O2. The van der Waals surface area contributed by atoms with Gasteiger partial charge in [-0.05, 0) is 18.2 Å². The van der Waals surface area contributed by atoms with Crippen LogP contribution in [0.25, 0.3) is 5.69 Å². The van der Waals surface area contributed by atoms with E-state index in [1.807, 2.05) is 36.4 Å². The number of nitrogens with zero attached hydrogens (tertiary/aromatic N) is 3. The predicted octanol–water partition coefficient (Wildman–Crippen LogP) is 1.90. The van der Waals surface area contributed by atoms with Crippen molar-refractivity contribution in [1.82, 2.24) is 14.8 Å². The molecule has 0 saturated heterocycles. The summed E-state index contributed by atoms with van der Waals surface area (Å²) in [5.41, 5.74) is 7.44. The first kappa shape index (κ1) is 12.4. The molecule has 2 N–H and O–H groups in total. The monoisotopic (exact) mass is 270 g/mol. The fourth-order valence-electron chi connectivity index (χ4n) is 1.82. The largest absolute Gasteiger partial charge is 0.465 e. The van der Waals surface area contributed by atoms with Gasteiger partial charge >= 0.3 is 6.01 Å². The molecule has 0 radical (unpaired) electrons. The molecule has 102 valence electrons. The Morgan fingerprint density at radius 1 is 1.20 bits per heavy atom. The van der Waals surface area contributed by atoms with Gasteiger partial charge in [-0.1, -0.05) is 18.2 Å². The minimum atomic E-state index is 0.262. The van der Waals surface area contributed by atoms with Crippen LogP contribution in [-0.4, -0.2) is 14.8 Å². The topological polar surface area (TPSA) is 79.1 Å². The normalized spacial score (nSPS) is 10.7. The van der Waals surface area contributed by atoms with Crippen molar-refractivity contribution in [3.63, 3.8) is 0 Å². The van der Waals surface area contributed by atoms with Crippen LogP contribution in [0.5, 0.6) is 6.01 Å². The molecule has 2 heterocycles. The van der Waals surface area contributed by atoms with E-state index < -0.39 is 0 Å². The van der Waals surface area contributed by atoms with Crippen molar-refractivity contribution in [1.29, 1.82) is 0 Å². The van der Waals surface area contributed by atoms with Crippen LogP contribution in [0.4, 0.5) is 0 Å². The maximum atomic E-state index is 5.59. The Hall–Kier alpha value is -2.60. The molecule has 0 spiro atoms. The third-order valence-electron chi connectivity index (χ3n) is 2.88. The summed E-state index contributed by atoms with van der Waals surface area (Å²) in [5.74, 6) is 0.698. The van der Waals surface area contributed by atoms with E-state index in [1.54, 1.807) is 17.3 Å². The zero-order valence-corrected chi connectivity index (χ0v) is 10.8. The number of hydrogen-bond acceptors (Lipinski definition) is 5. The summed E-state index contributed by atoms with van der Waals surface area (Å²) < 4.78 is 12.5. The first-order valence-corrected chi connectivity index (χ1v) is 6.22. The second kappa shape index (κ2) is 5.58. The van der Waals surface area contributed by atoms with E-state index in [0.29, 0.717) is 18.3 Å². The maximum Gasteiger partial charge on any atom is 0.336 e. The molecular weight excluding hydrogens is 256 g/mol. The van der Waals surface area contributed by atoms with Crippen molar-refractivity contribution in [3.8, 4) is 11.7 Å². The van der Waals surface area contributed by atoms with Crippen LogP contribution in [0.1, 0.15) is 11.3 Å². The summed E-state index contributed by atoms with van der Waals surface area (Å²) >= 11 is 0. The molecule has 20 heavy (non-hydrogen) atoms. The third kappa shape index (κ3) is 2.55. The highest BCUT2D eigenvalue weighted by atomic mass is 16.5. The molecule has 6 nitrogen and oxygen atoms in total. The van der Waals surface area contributed by atoms with Gasteiger partial charge in [0.25, 0.3) is 0 Å². The standard InChI is InChI=1S/C14H14N4O2/c15-8-11-6-7-19-13(11)9-20-14-16-10-18(17-14)12-4-2-1-3-5-12/h1-7,10H,8-9,15H2. The van der Waals surface area contributed by atoms with Gasteiger partial charge < -0.3 is 14.9 Å². The SMILES string of the molecule is NCc1ccoc1COc1ncn(-c2ccccc2)n1. The lowest BCUT2D eigenvalue weighted by atomic mass is 10.2. The quantitative estimate of drug-likeness (QED) is 0.766. The summed E-state index contributed by atoms with van der Waals surface area (Å²) in [7, 11) is 0. The number of furan rings is 1. The average Bonchev–Trinajstić information content (AvgIpc) is 3.15. The number of benzene rings is 1. The second-order valence-corrected chi connectivity index (χ2v) is 4.17. The van der Waals surface area contributed by atoms with E-state index in [4.69, 9.17) is 14.9 Å². The molecule has 6 heteroatoms. The van der Waals surface area contributed by atoms with Gasteiger partial charge in [0.2, 0.25) is 0 Å². The van der Waals surface area contributed by atoms with Crippen molar-refractivity contribution in [2.45, 2.75) is 13.2 Å². The van der Waals surface area contributed by atoms with Gasteiger partial charge in [-0.25, -0.2) is 4.68 Å². The smallest absolute Gasteiger partial charge is 0.336 e. The maximum absolute atomic E-state index is 5.59. The number of nitrogens with two attached hydrogens (primary N) is 1.